The number of pyridine rings is 1. The molecule has 0 radical (unpaired) electrons. The minimum Gasteiger partial charge on any atom is -1.00 e. The van der Waals surface area contributed by atoms with Gasteiger partial charge in [0.25, 0.3) is 0 Å². The molecule has 90 valence electrons. The molecule has 3 nitrogen and oxygen atoms in total. The maximum atomic E-state index is 11.9. The molecule has 0 saturated carbocycles. The molecule has 1 heterocycles. The number of hydrogen-bond acceptors (Lipinski definition) is 2. The second kappa shape index (κ2) is 6.67. The highest BCUT2D eigenvalue weighted by molar-refractivity contribution is 5.95. The van der Waals surface area contributed by atoms with Crippen LogP contribution >= 0.6 is 0 Å². The van der Waals surface area contributed by atoms with E-state index < -0.39 is 0 Å². The van der Waals surface area contributed by atoms with Gasteiger partial charge in [0.15, 0.2) is 12.4 Å². The first-order valence-electron chi connectivity index (χ1n) is 5.27. The molecule has 0 bridgehead atoms. The van der Waals surface area contributed by atoms with Crippen LogP contribution in [0, 0.1) is 11.3 Å². The average molecular weight is 303 g/mol. The predicted molar refractivity (Wildman–Crippen MR) is 62.1 cm³/mol. The maximum Gasteiger partial charge on any atom is 0.227 e. The first-order valence-corrected chi connectivity index (χ1v) is 5.27. The van der Waals surface area contributed by atoms with Crippen molar-refractivity contribution < 1.29 is 26.3 Å². The van der Waals surface area contributed by atoms with E-state index in [1.54, 1.807) is 24.3 Å². The number of nitrogens with zero attached hydrogens (tertiary/aromatic N) is 2. The van der Waals surface area contributed by atoms with E-state index in [0.29, 0.717) is 17.7 Å². The maximum absolute atomic E-state index is 11.9. The van der Waals surface area contributed by atoms with Gasteiger partial charge in [0.1, 0.15) is 0 Å². The van der Waals surface area contributed by atoms with Crippen molar-refractivity contribution in [2.24, 2.45) is 0 Å². The summed E-state index contributed by atoms with van der Waals surface area (Å²) in [6.07, 6.45) is 3.70. The smallest absolute Gasteiger partial charge is 0.227 e. The van der Waals surface area contributed by atoms with E-state index in [9.17, 15) is 4.79 Å². The molecule has 0 spiro atoms. The Hall–Kier alpha value is -1.99. The van der Waals surface area contributed by atoms with Crippen molar-refractivity contribution in [2.45, 2.75) is 6.54 Å². The molecular formula is C14H11BrN2O. The van der Waals surface area contributed by atoms with E-state index in [-0.39, 0.29) is 22.8 Å². The molecule has 1 aromatic heterocycles. The van der Waals surface area contributed by atoms with Crippen molar-refractivity contribution in [1.29, 1.82) is 5.26 Å². The molecule has 0 saturated heterocycles. The first-order chi connectivity index (χ1) is 8.29. The summed E-state index contributed by atoms with van der Waals surface area (Å²) >= 11 is 0. The molecule has 1 aromatic carbocycles. The Bertz CT molecular complexity index is 559. The van der Waals surface area contributed by atoms with E-state index in [2.05, 4.69) is 0 Å². The lowest BCUT2D eigenvalue weighted by molar-refractivity contribution is -0.683. The second-order valence-corrected chi connectivity index (χ2v) is 3.66. The van der Waals surface area contributed by atoms with Gasteiger partial charge in [-0.05, 0) is 24.3 Å². The Morgan fingerprint density at radius 3 is 2.28 bits per heavy atom. The molecule has 4 heteroatoms. The standard InChI is InChI=1S/C14H11N2O.BrH/c15-10-12-4-6-13(7-5-12)14(17)11-16-8-2-1-3-9-16;/h1-9H,11H2;1H/q+1;/p-1. The van der Waals surface area contributed by atoms with E-state index in [1.807, 2.05) is 41.2 Å². The summed E-state index contributed by atoms with van der Waals surface area (Å²) in [5.41, 5.74) is 1.19. The number of nitriles is 1. The zero-order valence-electron chi connectivity index (χ0n) is 9.58. The van der Waals surface area contributed by atoms with Crippen LogP contribution in [0.15, 0.2) is 54.9 Å². The fourth-order valence-corrected chi connectivity index (χ4v) is 1.53. The highest BCUT2D eigenvalue weighted by atomic mass is 79.9. The molecule has 0 unspecified atom stereocenters. The monoisotopic (exact) mass is 302 g/mol. The third-order valence-electron chi connectivity index (χ3n) is 2.44. The van der Waals surface area contributed by atoms with Crippen molar-refractivity contribution in [1.82, 2.24) is 0 Å². The SMILES string of the molecule is N#Cc1ccc(C(=O)C[n+]2ccccc2)cc1.[Br-]. The Morgan fingerprint density at radius 2 is 1.72 bits per heavy atom. The highest BCUT2D eigenvalue weighted by Gasteiger charge is 2.10. The Morgan fingerprint density at radius 1 is 1.11 bits per heavy atom. The largest absolute Gasteiger partial charge is 1.00 e. The summed E-state index contributed by atoms with van der Waals surface area (Å²) in [6.45, 7) is 0.312. The van der Waals surface area contributed by atoms with Gasteiger partial charge < -0.3 is 17.0 Å². The quantitative estimate of drug-likeness (QED) is 0.524. The van der Waals surface area contributed by atoms with Crippen molar-refractivity contribution >= 4 is 5.78 Å². The number of hydrogen-bond donors (Lipinski definition) is 0. The van der Waals surface area contributed by atoms with E-state index >= 15 is 0 Å². The molecule has 0 atom stereocenters. The fraction of sp³-hybridized carbons (Fsp3) is 0.0714. The van der Waals surface area contributed by atoms with Crippen LogP contribution in [0.4, 0.5) is 0 Å². The van der Waals surface area contributed by atoms with Gasteiger partial charge >= 0.3 is 0 Å². The minimum absolute atomic E-state index is 0. The normalized spacial score (nSPS) is 9.06. The molecule has 0 aliphatic rings. The van der Waals surface area contributed by atoms with E-state index in [4.69, 9.17) is 5.26 Å². The summed E-state index contributed by atoms with van der Waals surface area (Å²) in [5, 5.41) is 8.66. The number of carbonyl (C=O) groups is 1. The molecule has 0 N–H and O–H groups in total. The van der Waals surface area contributed by atoms with Crippen LogP contribution in [0.5, 0.6) is 0 Å². The van der Waals surface area contributed by atoms with Crippen LogP contribution in [-0.2, 0) is 6.54 Å². The number of halogens is 1. The molecule has 18 heavy (non-hydrogen) atoms. The van der Waals surface area contributed by atoms with Crippen LogP contribution < -0.4 is 21.5 Å². The minimum atomic E-state index is 0. The first kappa shape index (κ1) is 14.1. The molecule has 0 fully saturated rings. The number of rotatable bonds is 3. The zero-order chi connectivity index (χ0) is 12.1. The van der Waals surface area contributed by atoms with Gasteiger partial charge in [-0.15, -0.1) is 0 Å². The molecular weight excluding hydrogens is 292 g/mol. The third-order valence-corrected chi connectivity index (χ3v) is 2.44. The highest BCUT2D eigenvalue weighted by Crippen LogP contribution is 2.04. The topological polar surface area (TPSA) is 44.7 Å². The number of ketones is 1. The summed E-state index contributed by atoms with van der Waals surface area (Å²) < 4.78 is 1.82. The number of Topliss-reactive ketones (excluding diaryl/α,β-unsaturated/α-hetero) is 1. The van der Waals surface area contributed by atoms with Gasteiger partial charge in [-0.1, -0.05) is 6.07 Å². The Labute approximate surface area is 116 Å². The van der Waals surface area contributed by atoms with Gasteiger partial charge in [0.05, 0.1) is 11.6 Å². The van der Waals surface area contributed by atoms with Crippen LogP contribution in [0.3, 0.4) is 0 Å². The molecule has 0 amide bonds. The van der Waals surface area contributed by atoms with Crippen molar-refractivity contribution in [3.63, 3.8) is 0 Å². The molecule has 2 aromatic rings. The summed E-state index contributed by atoms with van der Waals surface area (Å²) in [4.78, 5) is 11.9. The number of aromatic nitrogens is 1. The van der Waals surface area contributed by atoms with Crippen molar-refractivity contribution in [3.8, 4) is 6.07 Å². The lowest BCUT2D eigenvalue weighted by Gasteiger charge is -1.98. The van der Waals surface area contributed by atoms with Gasteiger partial charge in [-0.2, -0.15) is 9.83 Å². The molecule has 0 aliphatic heterocycles. The second-order valence-electron chi connectivity index (χ2n) is 3.66. The zero-order valence-corrected chi connectivity index (χ0v) is 11.2. The van der Waals surface area contributed by atoms with Gasteiger partial charge in [0.2, 0.25) is 12.3 Å². The van der Waals surface area contributed by atoms with Gasteiger partial charge in [-0.3, -0.25) is 4.79 Å². The predicted octanol–water partition coefficient (Wildman–Crippen LogP) is -1.27. The lowest BCUT2D eigenvalue weighted by atomic mass is 10.1. The van der Waals surface area contributed by atoms with Crippen LogP contribution in [-0.4, -0.2) is 5.78 Å². The Balaban J connectivity index is 0.00000162. The molecule has 2 rings (SSSR count). The average Bonchev–Trinajstić information content (AvgIpc) is 2.40. The summed E-state index contributed by atoms with van der Waals surface area (Å²) in [7, 11) is 0. The fourth-order valence-electron chi connectivity index (χ4n) is 1.53. The van der Waals surface area contributed by atoms with E-state index in [0.717, 1.165) is 0 Å². The third kappa shape index (κ3) is 3.51. The van der Waals surface area contributed by atoms with Crippen LogP contribution in [0.2, 0.25) is 0 Å². The number of benzene rings is 1. The van der Waals surface area contributed by atoms with Gasteiger partial charge in [0, 0.05) is 17.7 Å². The van der Waals surface area contributed by atoms with Crippen LogP contribution in [0.1, 0.15) is 15.9 Å². The van der Waals surface area contributed by atoms with E-state index in [1.165, 1.54) is 0 Å². The Kier molecular flexibility index (Phi) is 5.22. The van der Waals surface area contributed by atoms with Crippen molar-refractivity contribution in [3.05, 3.63) is 66.0 Å². The summed E-state index contributed by atoms with van der Waals surface area (Å²) in [6, 6.07) is 14.4. The number of carbonyl (C=O) groups excluding carboxylic acids is 1. The summed E-state index contributed by atoms with van der Waals surface area (Å²) in [5.74, 6) is 0.0330. The van der Waals surface area contributed by atoms with Gasteiger partial charge in [-0.25, -0.2) is 0 Å². The molecule has 0 aliphatic carbocycles. The lowest BCUT2D eigenvalue weighted by Crippen LogP contribution is -3.00. The van der Waals surface area contributed by atoms with Crippen molar-refractivity contribution in [2.75, 3.05) is 0 Å². The van der Waals surface area contributed by atoms with Crippen LogP contribution in [0.25, 0.3) is 0 Å².